The van der Waals surface area contributed by atoms with Crippen molar-refractivity contribution < 1.29 is 8.84 Å². The van der Waals surface area contributed by atoms with Crippen molar-refractivity contribution >= 4 is 8.32 Å². The van der Waals surface area contributed by atoms with Gasteiger partial charge in [-0.2, -0.15) is 0 Å². The number of nitrogens with zero attached hydrogens (tertiary/aromatic N) is 3. The summed E-state index contributed by atoms with van der Waals surface area (Å²) in [5, 5.41) is 0.174. The molecule has 0 aliphatic rings. The summed E-state index contributed by atoms with van der Waals surface area (Å²) >= 11 is 0. The highest BCUT2D eigenvalue weighted by Gasteiger charge is 2.37. The van der Waals surface area contributed by atoms with Crippen molar-refractivity contribution in [3.8, 4) is 11.4 Å². The minimum absolute atomic E-state index is 0.174. The standard InChI is InChI=1S/C14H21N3O2Si/c1-14(2,3)20(4,5)19-10-13-17-12(9-18-13)11-8-15-6-7-16-11/h6-9H,10H2,1-5H3. The van der Waals surface area contributed by atoms with Crippen LogP contribution >= 0.6 is 0 Å². The molecule has 0 aliphatic carbocycles. The quantitative estimate of drug-likeness (QED) is 0.805. The predicted octanol–water partition coefficient (Wildman–Crippen LogP) is 3.65. The Morgan fingerprint density at radius 3 is 2.55 bits per heavy atom. The lowest BCUT2D eigenvalue weighted by Gasteiger charge is -2.35. The molecule has 0 bridgehead atoms. The van der Waals surface area contributed by atoms with Crippen molar-refractivity contribution in [1.82, 2.24) is 15.0 Å². The first kappa shape index (κ1) is 14.9. The first-order chi connectivity index (χ1) is 9.29. The lowest BCUT2D eigenvalue weighted by molar-refractivity contribution is 0.240. The Morgan fingerprint density at radius 2 is 1.95 bits per heavy atom. The molecule has 0 unspecified atom stereocenters. The third-order valence-corrected chi connectivity index (χ3v) is 8.22. The molecule has 0 radical (unpaired) electrons. The van der Waals surface area contributed by atoms with Crippen LogP contribution in [0.25, 0.3) is 11.4 Å². The molecule has 0 aromatic carbocycles. The fraction of sp³-hybridized carbons (Fsp3) is 0.500. The van der Waals surface area contributed by atoms with Crippen LogP contribution in [0.5, 0.6) is 0 Å². The maximum atomic E-state index is 6.08. The molecule has 0 saturated heterocycles. The van der Waals surface area contributed by atoms with Gasteiger partial charge in [0.1, 0.15) is 24.3 Å². The third-order valence-electron chi connectivity index (χ3n) is 3.74. The zero-order chi connectivity index (χ0) is 14.8. The van der Waals surface area contributed by atoms with Crippen LogP contribution < -0.4 is 0 Å². The van der Waals surface area contributed by atoms with E-state index in [0.717, 1.165) is 0 Å². The van der Waals surface area contributed by atoms with E-state index in [9.17, 15) is 0 Å². The third kappa shape index (κ3) is 3.32. The van der Waals surface area contributed by atoms with Gasteiger partial charge in [0.05, 0.1) is 6.20 Å². The van der Waals surface area contributed by atoms with Gasteiger partial charge in [-0.3, -0.25) is 9.97 Å². The normalized spacial score (nSPS) is 12.7. The van der Waals surface area contributed by atoms with Crippen molar-refractivity contribution in [1.29, 1.82) is 0 Å². The number of rotatable bonds is 4. The van der Waals surface area contributed by atoms with Crippen molar-refractivity contribution in [2.45, 2.75) is 45.5 Å². The number of aromatic nitrogens is 3. The average molecular weight is 291 g/mol. The molecule has 2 aromatic rings. The molecule has 0 fully saturated rings. The second-order valence-electron chi connectivity index (χ2n) is 6.27. The molecule has 2 rings (SSSR count). The summed E-state index contributed by atoms with van der Waals surface area (Å²) in [7, 11) is -1.79. The van der Waals surface area contributed by atoms with E-state index in [2.05, 4.69) is 48.8 Å². The molecule has 0 atom stereocenters. The van der Waals surface area contributed by atoms with E-state index in [0.29, 0.717) is 23.9 Å². The highest BCUT2D eigenvalue weighted by molar-refractivity contribution is 6.74. The monoisotopic (exact) mass is 291 g/mol. The van der Waals surface area contributed by atoms with E-state index in [-0.39, 0.29) is 5.04 Å². The van der Waals surface area contributed by atoms with Crippen LogP contribution in [0.15, 0.2) is 29.3 Å². The molecule has 2 heterocycles. The van der Waals surface area contributed by atoms with Gasteiger partial charge in [-0.05, 0) is 18.1 Å². The Kier molecular flexibility index (Phi) is 4.05. The lowest BCUT2D eigenvalue weighted by Crippen LogP contribution is -2.40. The van der Waals surface area contributed by atoms with Gasteiger partial charge in [-0.15, -0.1) is 0 Å². The maximum absolute atomic E-state index is 6.08. The number of hydrogen-bond acceptors (Lipinski definition) is 5. The van der Waals surface area contributed by atoms with E-state index in [4.69, 9.17) is 8.84 Å². The molecular weight excluding hydrogens is 270 g/mol. The van der Waals surface area contributed by atoms with E-state index < -0.39 is 8.32 Å². The Labute approximate surface area is 120 Å². The first-order valence-electron chi connectivity index (χ1n) is 6.64. The maximum Gasteiger partial charge on any atom is 0.219 e. The van der Waals surface area contributed by atoms with Crippen LogP contribution in [0.4, 0.5) is 0 Å². The summed E-state index contributed by atoms with van der Waals surface area (Å²) in [5.41, 5.74) is 1.39. The van der Waals surface area contributed by atoms with Gasteiger partial charge in [0.2, 0.25) is 5.89 Å². The highest BCUT2D eigenvalue weighted by atomic mass is 28.4. The van der Waals surface area contributed by atoms with Gasteiger partial charge < -0.3 is 8.84 Å². The SMILES string of the molecule is CC(C)(C)[Si](C)(C)OCc1nc(-c2cnccn2)co1. The molecule has 0 aliphatic heterocycles. The second kappa shape index (κ2) is 5.45. The smallest absolute Gasteiger partial charge is 0.219 e. The first-order valence-corrected chi connectivity index (χ1v) is 9.55. The average Bonchev–Trinajstić information content (AvgIpc) is 2.85. The second-order valence-corrected chi connectivity index (χ2v) is 11.1. The Bertz CT molecular complexity index is 561. The zero-order valence-corrected chi connectivity index (χ0v) is 13.7. The van der Waals surface area contributed by atoms with E-state index in [1.807, 2.05) is 0 Å². The lowest BCUT2D eigenvalue weighted by atomic mass is 10.2. The van der Waals surface area contributed by atoms with Gasteiger partial charge >= 0.3 is 0 Å². The summed E-state index contributed by atoms with van der Waals surface area (Å²) in [6.45, 7) is 11.4. The summed E-state index contributed by atoms with van der Waals surface area (Å²) in [6.07, 6.45) is 6.52. The fourth-order valence-corrected chi connectivity index (χ4v) is 2.30. The molecule has 20 heavy (non-hydrogen) atoms. The molecule has 5 nitrogen and oxygen atoms in total. The van der Waals surface area contributed by atoms with Crippen LogP contribution in [-0.2, 0) is 11.0 Å². The topological polar surface area (TPSA) is 61.0 Å². The van der Waals surface area contributed by atoms with Gasteiger partial charge in [0.25, 0.3) is 0 Å². The van der Waals surface area contributed by atoms with Crippen LogP contribution in [0.3, 0.4) is 0 Å². The van der Waals surface area contributed by atoms with Crippen molar-refractivity contribution in [3.63, 3.8) is 0 Å². The van der Waals surface area contributed by atoms with Gasteiger partial charge in [-0.25, -0.2) is 4.98 Å². The molecule has 0 saturated carbocycles. The van der Waals surface area contributed by atoms with E-state index in [1.54, 1.807) is 24.9 Å². The van der Waals surface area contributed by atoms with Crippen LogP contribution in [0, 0.1) is 0 Å². The Morgan fingerprint density at radius 1 is 1.20 bits per heavy atom. The van der Waals surface area contributed by atoms with Crippen molar-refractivity contribution in [3.05, 3.63) is 30.7 Å². The van der Waals surface area contributed by atoms with Crippen molar-refractivity contribution in [2.75, 3.05) is 0 Å². The van der Waals surface area contributed by atoms with Gasteiger partial charge in [-0.1, -0.05) is 20.8 Å². The van der Waals surface area contributed by atoms with Crippen molar-refractivity contribution in [2.24, 2.45) is 0 Å². The van der Waals surface area contributed by atoms with Crippen LogP contribution in [-0.4, -0.2) is 23.3 Å². The molecule has 6 heteroatoms. The summed E-state index contributed by atoms with van der Waals surface area (Å²) < 4.78 is 11.5. The molecule has 0 N–H and O–H groups in total. The fourth-order valence-electron chi connectivity index (χ4n) is 1.38. The minimum Gasteiger partial charge on any atom is -0.446 e. The molecular formula is C14H21N3O2Si. The Balaban J connectivity index is 2.04. The number of hydrogen-bond donors (Lipinski definition) is 0. The molecule has 0 spiro atoms. The Hall–Kier alpha value is -1.53. The molecule has 2 aromatic heterocycles. The summed E-state index contributed by atoms with van der Waals surface area (Å²) in [5.74, 6) is 0.579. The van der Waals surface area contributed by atoms with Crippen LogP contribution in [0.2, 0.25) is 18.1 Å². The van der Waals surface area contributed by atoms with E-state index >= 15 is 0 Å². The summed E-state index contributed by atoms with van der Waals surface area (Å²) in [4.78, 5) is 12.6. The largest absolute Gasteiger partial charge is 0.446 e. The van der Waals surface area contributed by atoms with Crippen LogP contribution in [0.1, 0.15) is 26.7 Å². The highest BCUT2D eigenvalue weighted by Crippen LogP contribution is 2.37. The predicted molar refractivity (Wildman–Crippen MR) is 79.5 cm³/mol. The molecule has 0 amide bonds. The molecule has 108 valence electrons. The van der Waals surface area contributed by atoms with Gasteiger partial charge in [0, 0.05) is 12.4 Å². The van der Waals surface area contributed by atoms with Gasteiger partial charge in [0.15, 0.2) is 8.32 Å². The number of oxazole rings is 1. The van der Waals surface area contributed by atoms with E-state index in [1.165, 1.54) is 0 Å². The summed E-state index contributed by atoms with van der Waals surface area (Å²) in [6, 6.07) is 0. The minimum atomic E-state index is -1.79. The zero-order valence-electron chi connectivity index (χ0n) is 12.7.